The van der Waals surface area contributed by atoms with E-state index < -0.39 is 5.60 Å². The molecule has 88 valence electrons. The number of aliphatic hydroxyl groups is 1. The van der Waals surface area contributed by atoms with Crippen molar-refractivity contribution in [2.45, 2.75) is 44.2 Å². The van der Waals surface area contributed by atoms with Gasteiger partial charge in [0, 0.05) is 17.8 Å². The molecule has 1 aliphatic carbocycles. The van der Waals surface area contributed by atoms with E-state index in [-0.39, 0.29) is 6.04 Å². The number of pyridine rings is 1. The summed E-state index contributed by atoms with van der Waals surface area (Å²) in [5.41, 5.74) is 12.6. The molecular weight excluding hydrogens is 202 g/mol. The molecule has 16 heavy (non-hydrogen) atoms. The van der Waals surface area contributed by atoms with E-state index in [1.165, 1.54) is 0 Å². The van der Waals surface area contributed by atoms with Gasteiger partial charge in [0.1, 0.15) is 5.82 Å². The highest BCUT2D eigenvalue weighted by atomic mass is 16.3. The summed E-state index contributed by atoms with van der Waals surface area (Å²) in [6, 6.07) is 1.97. The van der Waals surface area contributed by atoms with E-state index in [1.54, 1.807) is 6.20 Å². The Morgan fingerprint density at radius 3 is 3.00 bits per heavy atom. The van der Waals surface area contributed by atoms with Crippen LogP contribution in [0.2, 0.25) is 0 Å². The van der Waals surface area contributed by atoms with Crippen LogP contribution in [-0.2, 0) is 5.60 Å². The van der Waals surface area contributed by atoms with Crippen LogP contribution in [0, 0.1) is 6.92 Å². The van der Waals surface area contributed by atoms with Crippen molar-refractivity contribution in [1.29, 1.82) is 0 Å². The molecular formula is C12H19N3O. The zero-order valence-electron chi connectivity index (χ0n) is 9.61. The molecule has 1 aromatic rings. The second kappa shape index (κ2) is 4.03. The minimum absolute atomic E-state index is 0.0543. The summed E-state index contributed by atoms with van der Waals surface area (Å²) < 4.78 is 0. The Morgan fingerprint density at radius 1 is 1.56 bits per heavy atom. The fraction of sp³-hybridized carbons (Fsp3) is 0.583. The van der Waals surface area contributed by atoms with Gasteiger partial charge in [-0.15, -0.1) is 0 Å². The number of hydrogen-bond acceptors (Lipinski definition) is 4. The molecule has 4 nitrogen and oxygen atoms in total. The van der Waals surface area contributed by atoms with Crippen molar-refractivity contribution in [2.24, 2.45) is 5.73 Å². The lowest BCUT2D eigenvalue weighted by atomic mass is 9.77. The second-order valence-corrected chi connectivity index (χ2v) is 4.83. The van der Waals surface area contributed by atoms with E-state index in [4.69, 9.17) is 11.5 Å². The number of anilines is 1. The average molecular weight is 221 g/mol. The minimum atomic E-state index is -0.888. The van der Waals surface area contributed by atoms with Crippen LogP contribution in [0.5, 0.6) is 0 Å². The first-order valence-corrected chi connectivity index (χ1v) is 5.72. The van der Waals surface area contributed by atoms with Gasteiger partial charge in [-0.05, 0) is 44.2 Å². The Bertz CT molecular complexity index is 394. The number of aryl methyl sites for hydroxylation is 1. The van der Waals surface area contributed by atoms with Gasteiger partial charge < -0.3 is 16.6 Å². The molecule has 0 aliphatic heterocycles. The molecule has 2 unspecified atom stereocenters. The van der Waals surface area contributed by atoms with Crippen LogP contribution in [0.15, 0.2) is 12.3 Å². The molecule has 0 bridgehead atoms. The Labute approximate surface area is 95.7 Å². The van der Waals surface area contributed by atoms with Gasteiger partial charge in [0.15, 0.2) is 0 Å². The molecule has 0 radical (unpaired) electrons. The second-order valence-electron chi connectivity index (χ2n) is 4.83. The first-order valence-electron chi connectivity index (χ1n) is 5.72. The molecule has 0 saturated heterocycles. The Balaban J connectivity index is 2.37. The Morgan fingerprint density at radius 2 is 2.31 bits per heavy atom. The van der Waals surface area contributed by atoms with Gasteiger partial charge in [0.2, 0.25) is 0 Å². The largest absolute Gasteiger partial charge is 0.385 e. The van der Waals surface area contributed by atoms with Gasteiger partial charge in [-0.2, -0.15) is 0 Å². The predicted molar refractivity (Wildman–Crippen MR) is 63.7 cm³/mol. The maximum atomic E-state index is 10.6. The van der Waals surface area contributed by atoms with Gasteiger partial charge in [0.05, 0.1) is 5.60 Å². The Kier molecular flexibility index (Phi) is 2.86. The highest BCUT2D eigenvalue weighted by Crippen LogP contribution is 2.38. The van der Waals surface area contributed by atoms with Crippen molar-refractivity contribution < 1.29 is 5.11 Å². The molecule has 0 spiro atoms. The van der Waals surface area contributed by atoms with E-state index in [9.17, 15) is 5.11 Å². The number of aromatic nitrogens is 1. The molecule has 0 amide bonds. The zero-order valence-corrected chi connectivity index (χ0v) is 9.61. The number of nitrogen functional groups attached to an aromatic ring is 1. The van der Waals surface area contributed by atoms with Crippen molar-refractivity contribution in [2.75, 3.05) is 5.73 Å². The summed E-state index contributed by atoms with van der Waals surface area (Å²) in [5.74, 6) is 0.419. The summed E-state index contributed by atoms with van der Waals surface area (Å²) in [4.78, 5) is 4.10. The van der Waals surface area contributed by atoms with Crippen LogP contribution in [-0.4, -0.2) is 16.1 Å². The SMILES string of the molecule is Cc1cnc(N)c(C2(O)CCCC(N)C2)c1. The summed E-state index contributed by atoms with van der Waals surface area (Å²) >= 11 is 0. The van der Waals surface area contributed by atoms with Gasteiger partial charge in [0.25, 0.3) is 0 Å². The van der Waals surface area contributed by atoms with E-state index in [2.05, 4.69) is 4.98 Å². The van der Waals surface area contributed by atoms with Gasteiger partial charge in [-0.1, -0.05) is 0 Å². The topological polar surface area (TPSA) is 85.2 Å². The summed E-state index contributed by atoms with van der Waals surface area (Å²) in [6.07, 6.45) is 4.91. The molecule has 2 rings (SSSR count). The van der Waals surface area contributed by atoms with Crippen molar-refractivity contribution in [3.05, 3.63) is 23.4 Å². The lowest BCUT2D eigenvalue weighted by Crippen LogP contribution is -2.39. The van der Waals surface area contributed by atoms with Crippen LogP contribution in [0.25, 0.3) is 0 Å². The fourth-order valence-electron chi connectivity index (χ4n) is 2.49. The number of hydrogen-bond donors (Lipinski definition) is 3. The minimum Gasteiger partial charge on any atom is -0.385 e. The van der Waals surface area contributed by atoms with Gasteiger partial charge >= 0.3 is 0 Å². The molecule has 1 fully saturated rings. The third kappa shape index (κ3) is 2.03. The molecule has 1 aromatic heterocycles. The average Bonchev–Trinajstić information content (AvgIpc) is 2.21. The Hall–Kier alpha value is -1.13. The normalized spacial score (nSPS) is 30.3. The molecule has 0 aromatic carbocycles. The zero-order chi connectivity index (χ0) is 11.8. The standard InChI is InChI=1S/C12H19N3O/c1-8-5-10(11(14)15-7-8)12(16)4-2-3-9(13)6-12/h5,7,9,16H,2-4,6,13H2,1H3,(H2,14,15). The predicted octanol–water partition coefficient (Wildman–Crippen LogP) is 1.06. The third-order valence-electron chi connectivity index (χ3n) is 3.32. The third-order valence-corrected chi connectivity index (χ3v) is 3.32. The maximum absolute atomic E-state index is 10.6. The van der Waals surface area contributed by atoms with E-state index in [0.717, 1.165) is 30.4 Å². The summed E-state index contributed by atoms with van der Waals surface area (Å²) in [7, 11) is 0. The number of nitrogens with two attached hydrogens (primary N) is 2. The molecule has 4 heteroatoms. The van der Waals surface area contributed by atoms with E-state index >= 15 is 0 Å². The first kappa shape index (κ1) is 11.4. The number of rotatable bonds is 1. The quantitative estimate of drug-likeness (QED) is 0.662. The molecule has 1 heterocycles. The lowest BCUT2D eigenvalue weighted by molar-refractivity contribution is -0.00675. The molecule has 2 atom stereocenters. The van der Waals surface area contributed by atoms with Crippen LogP contribution in [0.3, 0.4) is 0 Å². The fourth-order valence-corrected chi connectivity index (χ4v) is 2.49. The summed E-state index contributed by atoms with van der Waals surface area (Å²) in [6.45, 7) is 1.95. The molecule has 1 saturated carbocycles. The van der Waals surface area contributed by atoms with Crippen LogP contribution in [0.1, 0.15) is 36.8 Å². The van der Waals surface area contributed by atoms with Crippen molar-refractivity contribution in [3.8, 4) is 0 Å². The highest BCUT2D eigenvalue weighted by Gasteiger charge is 2.36. The highest BCUT2D eigenvalue weighted by molar-refractivity contribution is 5.45. The van der Waals surface area contributed by atoms with Crippen LogP contribution >= 0.6 is 0 Å². The lowest BCUT2D eigenvalue weighted by Gasteiger charge is -2.36. The van der Waals surface area contributed by atoms with Crippen molar-refractivity contribution >= 4 is 5.82 Å². The number of nitrogens with zero attached hydrogens (tertiary/aromatic N) is 1. The van der Waals surface area contributed by atoms with Crippen molar-refractivity contribution in [3.63, 3.8) is 0 Å². The summed E-state index contributed by atoms with van der Waals surface area (Å²) in [5, 5.41) is 10.6. The monoisotopic (exact) mass is 221 g/mol. The first-order chi connectivity index (χ1) is 7.51. The molecule has 5 N–H and O–H groups in total. The van der Waals surface area contributed by atoms with Gasteiger partial charge in [-0.3, -0.25) is 0 Å². The van der Waals surface area contributed by atoms with E-state index in [1.807, 2.05) is 13.0 Å². The van der Waals surface area contributed by atoms with Gasteiger partial charge in [-0.25, -0.2) is 4.98 Å². The van der Waals surface area contributed by atoms with Crippen LogP contribution in [0.4, 0.5) is 5.82 Å². The smallest absolute Gasteiger partial charge is 0.129 e. The molecule has 1 aliphatic rings. The van der Waals surface area contributed by atoms with E-state index in [0.29, 0.717) is 12.2 Å². The van der Waals surface area contributed by atoms with Crippen LogP contribution < -0.4 is 11.5 Å². The van der Waals surface area contributed by atoms with Crippen molar-refractivity contribution in [1.82, 2.24) is 4.98 Å². The maximum Gasteiger partial charge on any atom is 0.129 e.